The van der Waals surface area contributed by atoms with Gasteiger partial charge in [0, 0.05) is 12.6 Å². The van der Waals surface area contributed by atoms with Gasteiger partial charge in [-0.3, -0.25) is 0 Å². The highest BCUT2D eigenvalue weighted by molar-refractivity contribution is 5.30. The van der Waals surface area contributed by atoms with Gasteiger partial charge in [0.2, 0.25) is 0 Å². The number of benzene rings is 1. The molecule has 0 aromatic heterocycles. The van der Waals surface area contributed by atoms with Crippen LogP contribution < -0.4 is 10.1 Å². The highest BCUT2D eigenvalue weighted by atomic mass is 19.4. The van der Waals surface area contributed by atoms with Crippen LogP contribution in [0.5, 0.6) is 5.75 Å². The molecule has 1 aromatic rings. The van der Waals surface area contributed by atoms with Gasteiger partial charge in [-0.15, -0.1) is 0 Å². The Morgan fingerprint density at radius 2 is 1.95 bits per heavy atom. The molecule has 0 amide bonds. The largest absolute Gasteiger partial charge is 0.435 e. The maximum absolute atomic E-state index is 12.1. The van der Waals surface area contributed by atoms with E-state index in [1.165, 1.54) is 31.2 Å². The maximum atomic E-state index is 12.1. The molecule has 0 bridgehead atoms. The molecular formula is C13H16F5NO2. The van der Waals surface area contributed by atoms with Crippen LogP contribution in [0.4, 0.5) is 22.0 Å². The number of aliphatic hydroxyl groups excluding tert-OH is 1. The zero-order valence-electron chi connectivity index (χ0n) is 11.2. The minimum atomic E-state index is -4.29. The van der Waals surface area contributed by atoms with Gasteiger partial charge in [-0.05, 0) is 24.6 Å². The molecule has 2 atom stereocenters. The fraction of sp³-hybridized carbons (Fsp3) is 0.538. The Balaban J connectivity index is 2.53. The molecule has 3 nitrogen and oxygen atoms in total. The minimum absolute atomic E-state index is 0.120. The summed E-state index contributed by atoms with van der Waals surface area (Å²) in [6.45, 7) is -1.77. The normalized spacial score (nSPS) is 15.0. The van der Waals surface area contributed by atoms with Gasteiger partial charge in [0.25, 0.3) is 0 Å². The molecule has 0 fully saturated rings. The van der Waals surface area contributed by atoms with Gasteiger partial charge in [0.05, 0.1) is 12.5 Å². The highest BCUT2D eigenvalue weighted by Crippen LogP contribution is 2.23. The van der Waals surface area contributed by atoms with Crippen LogP contribution in [0.1, 0.15) is 25.0 Å². The number of nitrogens with one attached hydrogen (secondary N) is 1. The Morgan fingerprint density at radius 1 is 1.29 bits per heavy atom. The molecule has 0 spiro atoms. The van der Waals surface area contributed by atoms with Crippen LogP contribution in [0.2, 0.25) is 0 Å². The van der Waals surface area contributed by atoms with Gasteiger partial charge >= 0.3 is 12.8 Å². The fourth-order valence-corrected chi connectivity index (χ4v) is 1.75. The molecule has 0 aliphatic heterocycles. The Morgan fingerprint density at radius 3 is 2.52 bits per heavy atom. The van der Waals surface area contributed by atoms with E-state index in [0.29, 0.717) is 0 Å². The van der Waals surface area contributed by atoms with Crippen molar-refractivity contribution in [1.29, 1.82) is 0 Å². The first-order chi connectivity index (χ1) is 9.67. The van der Waals surface area contributed by atoms with E-state index in [9.17, 15) is 27.1 Å². The van der Waals surface area contributed by atoms with Crippen LogP contribution in [0.3, 0.4) is 0 Å². The average Bonchev–Trinajstić information content (AvgIpc) is 2.33. The molecule has 0 saturated heterocycles. The van der Waals surface area contributed by atoms with E-state index >= 15 is 0 Å². The number of rotatable bonds is 7. The van der Waals surface area contributed by atoms with Crippen molar-refractivity contribution in [2.75, 3.05) is 6.54 Å². The van der Waals surface area contributed by atoms with Crippen molar-refractivity contribution in [3.8, 4) is 5.75 Å². The van der Waals surface area contributed by atoms with E-state index in [1.807, 2.05) is 0 Å². The van der Waals surface area contributed by atoms with E-state index in [4.69, 9.17) is 0 Å². The summed E-state index contributed by atoms with van der Waals surface area (Å²) in [6.07, 6.45) is -6.43. The highest BCUT2D eigenvalue weighted by Gasteiger charge is 2.29. The summed E-state index contributed by atoms with van der Waals surface area (Å²) < 4.78 is 64.7. The first-order valence-electron chi connectivity index (χ1n) is 6.20. The molecule has 2 N–H and O–H groups in total. The van der Waals surface area contributed by atoms with E-state index in [0.717, 1.165) is 0 Å². The predicted molar refractivity (Wildman–Crippen MR) is 66.2 cm³/mol. The van der Waals surface area contributed by atoms with Crippen LogP contribution in [-0.4, -0.2) is 30.5 Å². The second-order valence-electron chi connectivity index (χ2n) is 4.60. The van der Waals surface area contributed by atoms with Gasteiger partial charge < -0.3 is 15.2 Å². The Kier molecular flexibility index (Phi) is 6.35. The number of alkyl halides is 5. The van der Waals surface area contributed by atoms with Crippen molar-refractivity contribution in [2.45, 2.75) is 38.3 Å². The molecule has 120 valence electrons. The predicted octanol–water partition coefficient (Wildman–Crippen LogP) is 3.25. The summed E-state index contributed by atoms with van der Waals surface area (Å²) in [5.74, 6) is -0.120. The first-order valence-corrected chi connectivity index (χ1v) is 6.20. The first kappa shape index (κ1) is 17.6. The summed E-state index contributed by atoms with van der Waals surface area (Å²) in [5.41, 5.74) is 0.278. The van der Waals surface area contributed by atoms with E-state index in [2.05, 4.69) is 10.1 Å². The second-order valence-corrected chi connectivity index (χ2v) is 4.60. The van der Waals surface area contributed by atoms with E-state index in [-0.39, 0.29) is 17.9 Å². The standard InChI is InChI=1S/C13H16F5NO2/c1-8(6-13(16,17)18)19-7-11(20)9-3-2-4-10(5-9)21-12(14)15/h2-5,8,11-12,19-20H,6-7H2,1H3. The van der Waals surface area contributed by atoms with Crippen LogP contribution in [0.15, 0.2) is 24.3 Å². The minimum Gasteiger partial charge on any atom is -0.435 e. The van der Waals surface area contributed by atoms with Crippen molar-refractivity contribution in [3.05, 3.63) is 29.8 Å². The summed E-state index contributed by atoms with van der Waals surface area (Å²) in [7, 11) is 0. The molecule has 0 radical (unpaired) electrons. The molecule has 1 rings (SSSR count). The van der Waals surface area contributed by atoms with Gasteiger partial charge in [0.1, 0.15) is 5.75 Å². The van der Waals surface area contributed by atoms with Crippen molar-refractivity contribution in [2.24, 2.45) is 0 Å². The summed E-state index contributed by atoms with van der Waals surface area (Å²) in [4.78, 5) is 0. The molecule has 8 heteroatoms. The lowest BCUT2D eigenvalue weighted by atomic mass is 10.1. The number of hydrogen-bond donors (Lipinski definition) is 2. The van der Waals surface area contributed by atoms with E-state index in [1.54, 1.807) is 0 Å². The lowest BCUT2D eigenvalue weighted by molar-refractivity contribution is -0.139. The monoisotopic (exact) mass is 313 g/mol. The van der Waals surface area contributed by atoms with Crippen molar-refractivity contribution in [1.82, 2.24) is 5.32 Å². The quantitative estimate of drug-likeness (QED) is 0.759. The number of hydrogen-bond acceptors (Lipinski definition) is 3. The van der Waals surface area contributed by atoms with Gasteiger partial charge in [0.15, 0.2) is 0 Å². The smallest absolute Gasteiger partial charge is 0.390 e. The lowest BCUT2D eigenvalue weighted by Gasteiger charge is -2.19. The number of ether oxygens (including phenoxy) is 1. The zero-order chi connectivity index (χ0) is 16.0. The second kappa shape index (κ2) is 7.56. The molecule has 2 unspecified atom stereocenters. The van der Waals surface area contributed by atoms with Crippen LogP contribution in [0.25, 0.3) is 0 Å². The number of halogens is 5. The molecular weight excluding hydrogens is 297 g/mol. The molecule has 1 aromatic carbocycles. The van der Waals surface area contributed by atoms with Crippen molar-refractivity contribution in [3.63, 3.8) is 0 Å². The van der Waals surface area contributed by atoms with Gasteiger partial charge in [-0.2, -0.15) is 22.0 Å². The summed E-state index contributed by atoms with van der Waals surface area (Å²) >= 11 is 0. The Bertz CT molecular complexity index is 439. The number of aliphatic hydroxyl groups is 1. The summed E-state index contributed by atoms with van der Waals surface area (Å²) in [5, 5.41) is 12.4. The van der Waals surface area contributed by atoms with Crippen molar-refractivity contribution >= 4 is 0 Å². The van der Waals surface area contributed by atoms with E-state index < -0.39 is 31.4 Å². The summed E-state index contributed by atoms with van der Waals surface area (Å²) in [6, 6.07) is 4.53. The van der Waals surface area contributed by atoms with Crippen molar-refractivity contribution < 1.29 is 31.8 Å². The maximum Gasteiger partial charge on any atom is 0.390 e. The Hall–Kier alpha value is -1.41. The van der Waals surface area contributed by atoms with Crippen LogP contribution >= 0.6 is 0 Å². The average molecular weight is 313 g/mol. The van der Waals surface area contributed by atoms with Gasteiger partial charge in [-0.25, -0.2) is 0 Å². The lowest BCUT2D eigenvalue weighted by Crippen LogP contribution is -2.34. The van der Waals surface area contributed by atoms with Crippen LogP contribution in [0, 0.1) is 0 Å². The molecule has 0 aliphatic carbocycles. The van der Waals surface area contributed by atoms with Gasteiger partial charge in [-0.1, -0.05) is 12.1 Å². The molecule has 0 aliphatic rings. The molecule has 0 saturated carbocycles. The molecule has 0 heterocycles. The molecule has 21 heavy (non-hydrogen) atoms. The zero-order valence-corrected chi connectivity index (χ0v) is 11.2. The third-order valence-electron chi connectivity index (χ3n) is 2.67. The topological polar surface area (TPSA) is 41.5 Å². The third kappa shape index (κ3) is 7.24. The Labute approximate surface area is 118 Å². The fourth-order valence-electron chi connectivity index (χ4n) is 1.75. The SMILES string of the molecule is CC(CC(F)(F)F)NCC(O)c1cccc(OC(F)F)c1. The van der Waals surface area contributed by atoms with Crippen LogP contribution in [-0.2, 0) is 0 Å². The third-order valence-corrected chi connectivity index (χ3v) is 2.67.